The number of nitrogens with zero attached hydrogens (tertiary/aromatic N) is 8. The lowest BCUT2D eigenvalue weighted by molar-refractivity contribution is -0.122. The minimum Gasteiger partial charge on any atom is -0.497 e. The Kier molecular flexibility index (Phi) is 10.4. The van der Waals surface area contributed by atoms with Crippen LogP contribution in [0.3, 0.4) is 0 Å². The maximum atomic E-state index is 13.9. The largest absolute Gasteiger partial charge is 0.497 e. The third-order valence-corrected chi connectivity index (χ3v) is 7.94. The molecule has 1 fully saturated rings. The van der Waals surface area contributed by atoms with E-state index in [2.05, 4.69) is 25.7 Å². The highest BCUT2D eigenvalue weighted by molar-refractivity contribution is 5.89. The average Bonchev–Trinajstić information content (AvgIpc) is 3.49. The van der Waals surface area contributed by atoms with Crippen LogP contribution in [0.5, 0.6) is 5.75 Å². The number of carboxylic acid groups (broad SMARTS) is 1. The number of pyridine rings is 1. The first-order valence-corrected chi connectivity index (χ1v) is 15.2. The molecule has 1 aliphatic rings. The maximum absolute atomic E-state index is 13.9. The molecule has 1 atom stereocenters. The van der Waals surface area contributed by atoms with E-state index >= 15 is 0 Å². The Morgan fingerprint density at radius 2 is 1.98 bits per heavy atom. The number of methoxy groups -OCH3 is 1. The van der Waals surface area contributed by atoms with Crippen molar-refractivity contribution in [3.05, 3.63) is 75.5 Å². The standard InChI is InChI=1S/C32H39N9O5/c1-38(2)15-5-14-33-29(42)18-23-6-4-16-39(20-23)30-26(31(43)40-17-13-24(32(44)45)19-28(40)34-30)11-12-27-35-36-37-41(27)21-22-7-9-25(46-3)10-8-22/h7-13,17,19,23H,4-6,14-16,18,20-21H2,1-3H3,(H,33,42)(H,44,45). The van der Waals surface area contributed by atoms with Gasteiger partial charge in [-0.05, 0) is 98.2 Å². The summed E-state index contributed by atoms with van der Waals surface area (Å²) in [7, 11) is 5.61. The van der Waals surface area contributed by atoms with Gasteiger partial charge in [0.05, 0.1) is 24.8 Å². The lowest BCUT2D eigenvalue weighted by Gasteiger charge is -2.34. The van der Waals surface area contributed by atoms with Gasteiger partial charge >= 0.3 is 5.97 Å². The van der Waals surface area contributed by atoms with Gasteiger partial charge in [0.25, 0.3) is 5.56 Å². The first kappa shape index (κ1) is 32.3. The van der Waals surface area contributed by atoms with Gasteiger partial charge in [-0.1, -0.05) is 12.1 Å². The third-order valence-electron chi connectivity index (χ3n) is 7.94. The quantitative estimate of drug-likeness (QED) is 0.209. The van der Waals surface area contributed by atoms with E-state index in [1.165, 1.54) is 22.7 Å². The van der Waals surface area contributed by atoms with Crippen molar-refractivity contribution >= 4 is 35.5 Å². The molecule has 5 rings (SSSR count). The van der Waals surface area contributed by atoms with Gasteiger partial charge < -0.3 is 25.0 Å². The molecule has 14 nitrogen and oxygen atoms in total. The van der Waals surface area contributed by atoms with Crippen molar-refractivity contribution in [2.45, 2.75) is 32.2 Å². The van der Waals surface area contributed by atoms with E-state index in [1.807, 2.05) is 43.3 Å². The summed E-state index contributed by atoms with van der Waals surface area (Å²) in [6.45, 7) is 3.09. The maximum Gasteiger partial charge on any atom is 0.335 e. The zero-order chi connectivity index (χ0) is 32.6. The molecule has 0 radical (unpaired) electrons. The first-order chi connectivity index (χ1) is 22.2. The topological polar surface area (TPSA) is 160 Å². The van der Waals surface area contributed by atoms with Crippen LogP contribution in [0.1, 0.15) is 53.0 Å². The van der Waals surface area contributed by atoms with Crippen LogP contribution in [0.2, 0.25) is 0 Å². The molecule has 1 amide bonds. The summed E-state index contributed by atoms with van der Waals surface area (Å²) in [5, 5.41) is 24.7. The molecule has 4 heterocycles. The van der Waals surface area contributed by atoms with E-state index in [4.69, 9.17) is 9.72 Å². The summed E-state index contributed by atoms with van der Waals surface area (Å²) in [4.78, 5) is 47.2. The number of rotatable bonds is 13. The van der Waals surface area contributed by atoms with Gasteiger partial charge in [-0.25, -0.2) is 14.5 Å². The predicted octanol–water partition coefficient (Wildman–Crippen LogP) is 2.28. The molecule has 242 valence electrons. The SMILES string of the molecule is COc1ccc(Cn2nnnc2C=Cc2c(N3CCCC(CC(=O)NCCCN(C)C)C3)nc3cc(C(=O)O)ccn3c2=O)cc1. The summed E-state index contributed by atoms with van der Waals surface area (Å²) in [6, 6.07) is 10.3. The second-order valence-electron chi connectivity index (χ2n) is 11.6. The Labute approximate surface area is 266 Å². The number of amides is 1. The number of ether oxygens (including phenoxy) is 1. The fourth-order valence-corrected chi connectivity index (χ4v) is 5.55. The number of piperidine rings is 1. The Hall–Kier alpha value is -5.11. The fraction of sp³-hybridized carbons (Fsp3) is 0.406. The molecule has 2 N–H and O–H groups in total. The monoisotopic (exact) mass is 629 g/mol. The molecular weight excluding hydrogens is 590 g/mol. The summed E-state index contributed by atoms with van der Waals surface area (Å²) in [6.07, 6.45) is 7.69. The van der Waals surface area contributed by atoms with Crippen LogP contribution < -0.4 is 20.5 Å². The summed E-state index contributed by atoms with van der Waals surface area (Å²) in [5.41, 5.74) is 1.17. The van der Waals surface area contributed by atoms with Crippen molar-refractivity contribution in [1.82, 2.24) is 39.8 Å². The van der Waals surface area contributed by atoms with Gasteiger partial charge in [0.2, 0.25) is 5.91 Å². The number of hydrogen-bond acceptors (Lipinski definition) is 10. The summed E-state index contributed by atoms with van der Waals surface area (Å²) < 4.78 is 8.19. The van der Waals surface area contributed by atoms with Gasteiger partial charge in [0.15, 0.2) is 5.82 Å². The van der Waals surface area contributed by atoms with Crippen molar-refractivity contribution in [3.8, 4) is 5.75 Å². The first-order valence-electron chi connectivity index (χ1n) is 15.2. The van der Waals surface area contributed by atoms with E-state index < -0.39 is 5.97 Å². The Morgan fingerprint density at radius 3 is 2.72 bits per heavy atom. The zero-order valence-corrected chi connectivity index (χ0v) is 26.3. The molecule has 0 saturated carbocycles. The number of aromatic carboxylic acids is 1. The van der Waals surface area contributed by atoms with Crippen LogP contribution in [-0.2, 0) is 11.3 Å². The highest BCUT2D eigenvalue weighted by Gasteiger charge is 2.26. The second-order valence-corrected chi connectivity index (χ2v) is 11.6. The summed E-state index contributed by atoms with van der Waals surface area (Å²) >= 11 is 0. The van der Waals surface area contributed by atoms with Crippen molar-refractivity contribution in [1.29, 1.82) is 0 Å². The number of carbonyl (C=O) groups excluding carboxylic acids is 1. The van der Waals surface area contributed by atoms with Gasteiger partial charge in [-0.3, -0.25) is 14.0 Å². The van der Waals surface area contributed by atoms with Gasteiger partial charge in [0, 0.05) is 32.3 Å². The smallest absolute Gasteiger partial charge is 0.335 e. The molecule has 1 aliphatic heterocycles. The molecule has 0 bridgehead atoms. The van der Waals surface area contributed by atoms with E-state index in [-0.39, 0.29) is 28.6 Å². The summed E-state index contributed by atoms with van der Waals surface area (Å²) in [5.74, 6) is 0.576. The minimum absolute atomic E-state index is 0.00654. The highest BCUT2D eigenvalue weighted by atomic mass is 16.5. The number of carbonyl (C=O) groups is 2. The molecule has 46 heavy (non-hydrogen) atoms. The highest BCUT2D eigenvalue weighted by Crippen LogP contribution is 2.27. The normalized spacial score (nSPS) is 15.1. The molecule has 0 aliphatic carbocycles. The van der Waals surface area contributed by atoms with Crippen molar-refractivity contribution < 1.29 is 19.4 Å². The minimum atomic E-state index is -1.11. The van der Waals surface area contributed by atoms with Crippen LogP contribution in [-0.4, -0.2) is 98.9 Å². The number of fused-ring (bicyclic) bond motifs is 1. The number of tetrazole rings is 1. The fourth-order valence-electron chi connectivity index (χ4n) is 5.55. The van der Waals surface area contributed by atoms with Crippen LogP contribution in [0.4, 0.5) is 5.82 Å². The lowest BCUT2D eigenvalue weighted by Crippen LogP contribution is -2.40. The van der Waals surface area contributed by atoms with Crippen molar-refractivity contribution in [3.63, 3.8) is 0 Å². The number of aromatic nitrogens is 6. The lowest BCUT2D eigenvalue weighted by atomic mass is 9.94. The molecule has 1 aromatic carbocycles. The van der Waals surface area contributed by atoms with Gasteiger partial charge in [-0.2, -0.15) is 0 Å². The number of carboxylic acids is 1. The van der Waals surface area contributed by atoms with Crippen LogP contribution in [0.15, 0.2) is 47.4 Å². The number of anilines is 1. The average molecular weight is 630 g/mol. The van der Waals surface area contributed by atoms with E-state index in [1.54, 1.807) is 23.9 Å². The molecule has 1 unspecified atom stereocenters. The Morgan fingerprint density at radius 1 is 1.17 bits per heavy atom. The Bertz CT molecular complexity index is 1760. The Balaban J connectivity index is 1.42. The van der Waals surface area contributed by atoms with Crippen LogP contribution >= 0.6 is 0 Å². The molecule has 4 aromatic rings. The van der Waals surface area contributed by atoms with Crippen LogP contribution in [0, 0.1) is 5.92 Å². The molecule has 14 heteroatoms. The van der Waals surface area contributed by atoms with Crippen molar-refractivity contribution in [2.24, 2.45) is 5.92 Å². The number of nitrogens with one attached hydrogen (secondary N) is 1. The molecular formula is C32H39N9O5. The van der Waals surface area contributed by atoms with Gasteiger partial charge in [-0.15, -0.1) is 5.10 Å². The molecule has 0 spiro atoms. The second kappa shape index (κ2) is 14.8. The van der Waals surface area contributed by atoms with E-state index in [0.717, 1.165) is 37.1 Å². The molecule has 1 saturated heterocycles. The van der Waals surface area contributed by atoms with Crippen molar-refractivity contribution in [2.75, 3.05) is 52.3 Å². The molecule has 3 aromatic heterocycles. The third kappa shape index (κ3) is 7.93. The van der Waals surface area contributed by atoms with Crippen LogP contribution in [0.25, 0.3) is 17.8 Å². The van der Waals surface area contributed by atoms with E-state index in [9.17, 15) is 19.5 Å². The number of benzene rings is 1. The van der Waals surface area contributed by atoms with E-state index in [0.29, 0.717) is 49.8 Å². The van der Waals surface area contributed by atoms with Gasteiger partial charge in [0.1, 0.15) is 17.2 Å². The predicted molar refractivity (Wildman–Crippen MR) is 173 cm³/mol. The number of hydrogen-bond donors (Lipinski definition) is 2. The zero-order valence-electron chi connectivity index (χ0n) is 26.3.